The van der Waals surface area contributed by atoms with Gasteiger partial charge in [-0.15, -0.1) is 0 Å². The average Bonchev–Trinajstić information content (AvgIpc) is 3.21. The standard InChI is InChI=1S/C27H28N4O2/c1-2-3-9-16-31-26(29-25(30-31)17-20-10-5-4-6-11-20)18-22-15-14-21(19-28-22)23-12-7-8-13-24(23)27(32)33/h4-8,10-15,19H,2-3,9,16-18H2,1H3,(H,32,33). The van der Waals surface area contributed by atoms with Gasteiger partial charge in [0.2, 0.25) is 0 Å². The van der Waals surface area contributed by atoms with Crippen LogP contribution in [0.2, 0.25) is 0 Å². The minimum absolute atomic E-state index is 0.272. The lowest BCUT2D eigenvalue weighted by Gasteiger charge is -2.08. The van der Waals surface area contributed by atoms with Gasteiger partial charge in [-0.3, -0.25) is 4.98 Å². The Morgan fingerprint density at radius 3 is 2.45 bits per heavy atom. The van der Waals surface area contributed by atoms with E-state index in [0.717, 1.165) is 48.7 Å². The lowest BCUT2D eigenvalue weighted by Crippen LogP contribution is -2.07. The Hall–Kier alpha value is -3.80. The Kier molecular flexibility index (Phi) is 7.25. The lowest BCUT2D eigenvalue weighted by atomic mass is 10.0. The van der Waals surface area contributed by atoms with Crippen molar-refractivity contribution in [3.05, 3.63) is 101 Å². The lowest BCUT2D eigenvalue weighted by molar-refractivity contribution is 0.0697. The van der Waals surface area contributed by atoms with Crippen molar-refractivity contribution in [1.82, 2.24) is 19.7 Å². The van der Waals surface area contributed by atoms with Gasteiger partial charge in [-0.2, -0.15) is 5.10 Å². The first-order chi connectivity index (χ1) is 16.1. The summed E-state index contributed by atoms with van der Waals surface area (Å²) < 4.78 is 2.02. The monoisotopic (exact) mass is 440 g/mol. The number of aromatic nitrogens is 4. The van der Waals surface area contributed by atoms with Gasteiger partial charge in [0.15, 0.2) is 5.82 Å². The number of aromatic carboxylic acids is 1. The van der Waals surface area contributed by atoms with Gasteiger partial charge in [-0.05, 0) is 29.7 Å². The maximum Gasteiger partial charge on any atom is 0.336 e. The zero-order valence-electron chi connectivity index (χ0n) is 18.8. The summed E-state index contributed by atoms with van der Waals surface area (Å²) in [6.45, 7) is 3.03. The van der Waals surface area contributed by atoms with Gasteiger partial charge < -0.3 is 5.11 Å². The van der Waals surface area contributed by atoms with E-state index in [0.29, 0.717) is 18.4 Å². The second-order valence-corrected chi connectivity index (χ2v) is 8.10. The summed E-state index contributed by atoms with van der Waals surface area (Å²) in [5.74, 6) is 0.781. The molecule has 4 aromatic rings. The van der Waals surface area contributed by atoms with Crippen LogP contribution in [0.3, 0.4) is 0 Å². The van der Waals surface area contributed by atoms with Crippen molar-refractivity contribution in [2.45, 2.75) is 45.6 Å². The molecule has 0 amide bonds. The summed E-state index contributed by atoms with van der Waals surface area (Å²) in [7, 11) is 0. The Bertz CT molecular complexity index is 1200. The zero-order chi connectivity index (χ0) is 23.0. The van der Waals surface area contributed by atoms with Gasteiger partial charge in [0.1, 0.15) is 5.82 Å². The molecule has 2 heterocycles. The summed E-state index contributed by atoms with van der Waals surface area (Å²) in [5.41, 5.74) is 3.78. The molecule has 0 radical (unpaired) electrons. The number of nitrogens with zero attached hydrogens (tertiary/aromatic N) is 4. The number of hydrogen-bond acceptors (Lipinski definition) is 4. The minimum atomic E-state index is -0.944. The predicted octanol–water partition coefficient (Wildman–Crippen LogP) is 5.41. The van der Waals surface area contributed by atoms with E-state index in [1.807, 2.05) is 41.1 Å². The summed E-state index contributed by atoms with van der Waals surface area (Å²) in [6.07, 6.45) is 6.39. The van der Waals surface area contributed by atoms with Crippen LogP contribution in [0.15, 0.2) is 72.9 Å². The molecule has 33 heavy (non-hydrogen) atoms. The van der Waals surface area contributed by atoms with Crippen LogP contribution in [0.4, 0.5) is 0 Å². The van der Waals surface area contributed by atoms with E-state index >= 15 is 0 Å². The zero-order valence-corrected chi connectivity index (χ0v) is 18.8. The van der Waals surface area contributed by atoms with Crippen LogP contribution in [-0.4, -0.2) is 30.8 Å². The number of aryl methyl sites for hydroxylation is 1. The van der Waals surface area contributed by atoms with E-state index in [2.05, 4.69) is 24.0 Å². The van der Waals surface area contributed by atoms with Gasteiger partial charge >= 0.3 is 5.97 Å². The van der Waals surface area contributed by atoms with Gasteiger partial charge in [-0.1, -0.05) is 74.4 Å². The average molecular weight is 441 g/mol. The molecule has 6 heteroatoms. The fraction of sp³-hybridized carbons (Fsp3) is 0.259. The van der Waals surface area contributed by atoms with Crippen molar-refractivity contribution in [3.63, 3.8) is 0 Å². The van der Waals surface area contributed by atoms with E-state index in [4.69, 9.17) is 10.1 Å². The third-order valence-electron chi connectivity index (χ3n) is 5.60. The molecule has 6 nitrogen and oxygen atoms in total. The van der Waals surface area contributed by atoms with E-state index in [1.54, 1.807) is 24.4 Å². The Labute approximate surface area is 194 Å². The van der Waals surface area contributed by atoms with Gasteiger partial charge in [0.05, 0.1) is 5.56 Å². The van der Waals surface area contributed by atoms with Crippen LogP contribution in [0, 0.1) is 0 Å². The normalized spacial score (nSPS) is 10.9. The molecule has 0 spiro atoms. The number of carboxylic acid groups (broad SMARTS) is 1. The van der Waals surface area contributed by atoms with E-state index in [-0.39, 0.29) is 5.56 Å². The molecule has 0 unspecified atom stereocenters. The Morgan fingerprint density at radius 1 is 0.939 bits per heavy atom. The summed E-state index contributed by atoms with van der Waals surface area (Å²) in [6, 6.07) is 21.1. The minimum Gasteiger partial charge on any atom is -0.478 e. The SMILES string of the molecule is CCCCCn1nc(Cc2ccccc2)nc1Cc1ccc(-c2ccccc2C(=O)O)cn1. The fourth-order valence-corrected chi connectivity index (χ4v) is 3.87. The number of benzene rings is 2. The first kappa shape index (κ1) is 22.4. The van der Waals surface area contributed by atoms with Gasteiger partial charge in [0.25, 0.3) is 0 Å². The molecule has 0 aliphatic carbocycles. The quantitative estimate of drug-likeness (QED) is 0.334. The van der Waals surface area contributed by atoms with Crippen molar-refractivity contribution in [3.8, 4) is 11.1 Å². The van der Waals surface area contributed by atoms with Crippen LogP contribution in [0.5, 0.6) is 0 Å². The molecule has 0 saturated carbocycles. The van der Waals surface area contributed by atoms with Crippen LogP contribution < -0.4 is 0 Å². The highest BCUT2D eigenvalue weighted by atomic mass is 16.4. The molecule has 0 bridgehead atoms. The molecule has 2 aromatic heterocycles. The number of rotatable bonds is 10. The maximum atomic E-state index is 11.5. The maximum absolute atomic E-state index is 11.5. The van der Waals surface area contributed by atoms with Gasteiger partial charge in [-0.25, -0.2) is 14.5 Å². The first-order valence-electron chi connectivity index (χ1n) is 11.4. The summed E-state index contributed by atoms with van der Waals surface area (Å²) in [5, 5.41) is 14.2. The second kappa shape index (κ2) is 10.7. The van der Waals surface area contributed by atoms with E-state index < -0.39 is 5.97 Å². The van der Waals surface area contributed by atoms with E-state index in [1.165, 1.54) is 5.56 Å². The molecular weight excluding hydrogens is 412 g/mol. The summed E-state index contributed by atoms with van der Waals surface area (Å²) in [4.78, 5) is 21.0. The fourth-order valence-electron chi connectivity index (χ4n) is 3.87. The number of carboxylic acids is 1. The highest BCUT2D eigenvalue weighted by molar-refractivity contribution is 5.95. The molecule has 0 aliphatic rings. The van der Waals surface area contributed by atoms with E-state index in [9.17, 15) is 9.90 Å². The molecule has 0 aliphatic heterocycles. The van der Waals surface area contributed by atoms with Crippen molar-refractivity contribution >= 4 is 5.97 Å². The van der Waals surface area contributed by atoms with Crippen LogP contribution in [-0.2, 0) is 19.4 Å². The highest BCUT2D eigenvalue weighted by Gasteiger charge is 2.14. The molecule has 0 saturated heterocycles. The predicted molar refractivity (Wildman–Crippen MR) is 128 cm³/mol. The van der Waals surface area contributed by atoms with Crippen molar-refractivity contribution in [2.75, 3.05) is 0 Å². The van der Waals surface area contributed by atoms with Gasteiger partial charge in [0, 0.05) is 36.8 Å². The molecule has 4 rings (SSSR count). The molecule has 168 valence electrons. The van der Waals surface area contributed by atoms with Crippen LogP contribution in [0.1, 0.15) is 59.5 Å². The molecule has 2 aromatic carbocycles. The summed E-state index contributed by atoms with van der Waals surface area (Å²) >= 11 is 0. The second-order valence-electron chi connectivity index (χ2n) is 8.10. The third kappa shape index (κ3) is 5.71. The molecule has 0 fully saturated rings. The smallest absolute Gasteiger partial charge is 0.336 e. The van der Waals surface area contributed by atoms with Crippen molar-refractivity contribution < 1.29 is 9.90 Å². The Balaban J connectivity index is 1.55. The number of carbonyl (C=O) groups is 1. The molecule has 0 atom stereocenters. The number of hydrogen-bond donors (Lipinski definition) is 1. The van der Waals surface area contributed by atoms with Crippen molar-refractivity contribution in [1.29, 1.82) is 0 Å². The van der Waals surface area contributed by atoms with Crippen molar-refractivity contribution in [2.24, 2.45) is 0 Å². The highest BCUT2D eigenvalue weighted by Crippen LogP contribution is 2.23. The largest absolute Gasteiger partial charge is 0.478 e. The Morgan fingerprint density at radius 2 is 1.73 bits per heavy atom. The number of unbranched alkanes of at least 4 members (excludes halogenated alkanes) is 2. The third-order valence-corrected chi connectivity index (χ3v) is 5.60. The van der Waals surface area contributed by atoms with Crippen LogP contribution in [0.25, 0.3) is 11.1 Å². The topological polar surface area (TPSA) is 80.9 Å². The molecular formula is C27H28N4O2. The molecule has 1 N–H and O–H groups in total. The number of pyridine rings is 1. The first-order valence-corrected chi connectivity index (χ1v) is 11.4. The van der Waals surface area contributed by atoms with Crippen LogP contribution >= 0.6 is 0 Å².